The van der Waals surface area contributed by atoms with E-state index in [9.17, 15) is 27.6 Å². The molecule has 0 radical (unpaired) electrons. The molecule has 12 nitrogen and oxygen atoms in total. The van der Waals surface area contributed by atoms with Crippen molar-refractivity contribution in [1.82, 2.24) is 19.6 Å². The number of carbonyl (C=O) groups excluding carboxylic acids is 1. The number of anilines is 1. The second kappa shape index (κ2) is 15.2. The molecule has 262 valence electrons. The number of para-hydroxylation sites is 1. The zero-order valence-corrected chi connectivity index (χ0v) is 28.3. The van der Waals surface area contributed by atoms with E-state index >= 15 is 0 Å². The fourth-order valence-corrected chi connectivity index (χ4v) is 6.58. The van der Waals surface area contributed by atoms with Crippen LogP contribution in [0.5, 0.6) is 5.75 Å². The number of nitrogens with zero attached hydrogens (tertiary/aromatic N) is 3. The third-order valence-corrected chi connectivity index (χ3v) is 8.93. The number of aromatic nitrogens is 3. The molecule has 2 heterocycles. The number of fused-ring (bicyclic) bond motifs is 3. The van der Waals surface area contributed by atoms with Gasteiger partial charge in [0.05, 0.1) is 22.7 Å². The number of carbonyl (C=O) groups is 1. The van der Waals surface area contributed by atoms with E-state index in [0.29, 0.717) is 47.2 Å². The first-order chi connectivity index (χ1) is 22.6. The monoisotopic (exact) mass is 695 g/mol. The lowest BCUT2D eigenvalue weighted by Crippen LogP contribution is -2.41. The minimum absolute atomic E-state index is 0.0244. The van der Waals surface area contributed by atoms with Crippen LogP contribution in [0.2, 0.25) is 0 Å². The SMILES string of the molecule is CCCCC(O)(COP(=O)(N[C@@H](C)C(=O)OC(C)C)Oc1ccc(C(F)(F)F)cc1)n1c(COCC)nc2c(N)nc3ccccc3c21. The Hall–Kier alpha value is -3.75. The quantitative estimate of drug-likeness (QED) is 0.0846. The Morgan fingerprint density at radius 1 is 1.08 bits per heavy atom. The van der Waals surface area contributed by atoms with Gasteiger partial charge in [0.2, 0.25) is 0 Å². The first-order valence-corrected chi connectivity index (χ1v) is 17.1. The Balaban J connectivity index is 1.81. The predicted octanol–water partition coefficient (Wildman–Crippen LogP) is 6.69. The summed E-state index contributed by atoms with van der Waals surface area (Å²) in [5.41, 5.74) is 4.73. The van der Waals surface area contributed by atoms with Gasteiger partial charge < -0.3 is 24.8 Å². The molecule has 16 heteroatoms. The van der Waals surface area contributed by atoms with Crippen LogP contribution in [0.3, 0.4) is 0 Å². The van der Waals surface area contributed by atoms with Crippen molar-refractivity contribution in [3.05, 3.63) is 59.9 Å². The van der Waals surface area contributed by atoms with Gasteiger partial charge >= 0.3 is 19.9 Å². The number of nitrogens with two attached hydrogens (primary N) is 1. The first-order valence-electron chi connectivity index (χ1n) is 15.6. The third kappa shape index (κ3) is 8.63. The number of unbranched alkanes of at least 4 members (excludes halogenated alkanes) is 1. The lowest BCUT2D eigenvalue weighted by atomic mass is 10.1. The molecule has 4 aromatic rings. The zero-order chi connectivity index (χ0) is 35.3. The lowest BCUT2D eigenvalue weighted by molar-refractivity contribution is -0.149. The number of nitrogen functional groups attached to an aromatic ring is 1. The number of benzene rings is 2. The number of hydrogen-bond donors (Lipinski definition) is 3. The van der Waals surface area contributed by atoms with E-state index in [1.54, 1.807) is 45.0 Å². The van der Waals surface area contributed by atoms with E-state index in [4.69, 9.17) is 24.3 Å². The van der Waals surface area contributed by atoms with Crippen LogP contribution in [0, 0.1) is 0 Å². The number of nitrogens with one attached hydrogen (secondary N) is 1. The number of imidazole rings is 1. The minimum Gasteiger partial charge on any atom is -0.462 e. The van der Waals surface area contributed by atoms with Gasteiger partial charge in [-0.2, -0.15) is 18.3 Å². The summed E-state index contributed by atoms with van der Waals surface area (Å²) in [6, 6.07) is 9.39. The summed E-state index contributed by atoms with van der Waals surface area (Å²) < 4.78 is 78.0. The second-order valence-electron chi connectivity index (χ2n) is 11.5. The molecule has 48 heavy (non-hydrogen) atoms. The highest BCUT2D eigenvalue weighted by Crippen LogP contribution is 2.47. The van der Waals surface area contributed by atoms with Crippen molar-refractivity contribution in [2.45, 2.75) is 84.5 Å². The number of ether oxygens (including phenoxy) is 2. The van der Waals surface area contributed by atoms with Crippen molar-refractivity contribution in [3.63, 3.8) is 0 Å². The summed E-state index contributed by atoms with van der Waals surface area (Å²) in [5.74, 6) is -0.607. The molecule has 0 aliphatic heterocycles. The summed E-state index contributed by atoms with van der Waals surface area (Å²) in [5, 5.41) is 15.6. The molecule has 0 amide bonds. The van der Waals surface area contributed by atoms with Gasteiger partial charge in [0.1, 0.15) is 36.3 Å². The van der Waals surface area contributed by atoms with Crippen LogP contribution >= 0.6 is 7.75 Å². The van der Waals surface area contributed by atoms with Crippen LogP contribution in [0.4, 0.5) is 19.0 Å². The molecule has 0 aliphatic carbocycles. The van der Waals surface area contributed by atoms with E-state index < -0.39 is 49.9 Å². The largest absolute Gasteiger partial charge is 0.462 e. The van der Waals surface area contributed by atoms with E-state index in [-0.39, 0.29) is 24.6 Å². The van der Waals surface area contributed by atoms with Crippen molar-refractivity contribution in [2.24, 2.45) is 0 Å². The van der Waals surface area contributed by atoms with Crippen LogP contribution < -0.4 is 15.3 Å². The average molecular weight is 696 g/mol. The Kier molecular flexibility index (Phi) is 11.7. The van der Waals surface area contributed by atoms with Crippen molar-refractivity contribution >= 4 is 41.5 Å². The van der Waals surface area contributed by atoms with E-state index in [0.717, 1.165) is 24.3 Å². The number of rotatable bonds is 16. The molecule has 0 bridgehead atoms. The van der Waals surface area contributed by atoms with Gasteiger partial charge in [-0.3, -0.25) is 13.9 Å². The number of alkyl halides is 3. The van der Waals surface area contributed by atoms with Crippen molar-refractivity contribution in [3.8, 4) is 5.75 Å². The molecule has 0 aliphatic rings. The molecule has 0 spiro atoms. The van der Waals surface area contributed by atoms with Crippen molar-refractivity contribution in [2.75, 3.05) is 18.9 Å². The molecule has 0 fully saturated rings. The summed E-state index contributed by atoms with van der Waals surface area (Å²) in [6.45, 7) is 8.00. The maximum atomic E-state index is 14.4. The number of pyridine rings is 1. The van der Waals surface area contributed by atoms with Gasteiger partial charge in [-0.05, 0) is 70.9 Å². The van der Waals surface area contributed by atoms with Crippen LogP contribution in [0.1, 0.15) is 65.3 Å². The molecule has 2 unspecified atom stereocenters. The van der Waals surface area contributed by atoms with Gasteiger partial charge in [-0.15, -0.1) is 0 Å². The molecule has 4 N–H and O–H groups in total. The molecule has 4 rings (SSSR count). The predicted molar refractivity (Wildman–Crippen MR) is 174 cm³/mol. The van der Waals surface area contributed by atoms with Crippen LogP contribution in [0.25, 0.3) is 21.9 Å². The topological polar surface area (TPSA) is 160 Å². The van der Waals surface area contributed by atoms with Crippen molar-refractivity contribution < 1.29 is 46.2 Å². The number of halogens is 3. The van der Waals surface area contributed by atoms with E-state index in [2.05, 4.69) is 15.1 Å². The fraction of sp³-hybridized carbons (Fsp3) is 0.469. The number of hydrogen-bond acceptors (Lipinski definition) is 10. The van der Waals surface area contributed by atoms with Gasteiger partial charge in [-0.1, -0.05) is 31.5 Å². The number of esters is 1. The zero-order valence-electron chi connectivity index (χ0n) is 27.4. The molecular weight excluding hydrogens is 654 g/mol. The summed E-state index contributed by atoms with van der Waals surface area (Å²) in [6.07, 6.45) is -3.88. The maximum Gasteiger partial charge on any atom is 0.459 e. The van der Waals surface area contributed by atoms with Crippen LogP contribution in [-0.4, -0.2) is 51.0 Å². The molecule has 2 aromatic heterocycles. The fourth-order valence-electron chi connectivity index (χ4n) is 5.04. The smallest absolute Gasteiger partial charge is 0.459 e. The van der Waals surface area contributed by atoms with Gasteiger partial charge in [0, 0.05) is 12.0 Å². The number of aliphatic hydroxyl groups is 1. The Morgan fingerprint density at radius 3 is 2.40 bits per heavy atom. The Morgan fingerprint density at radius 2 is 1.77 bits per heavy atom. The average Bonchev–Trinajstić information content (AvgIpc) is 3.42. The third-order valence-electron chi connectivity index (χ3n) is 7.30. The van der Waals surface area contributed by atoms with E-state index in [1.165, 1.54) is 11.5 Å². The highest BCUT2D eigenvalue weighted by molar-refractivity contribution is 7.52. The Labute approximate surface area is 276 Å². The van der Waals surface area contributed by atoms with Gasteiger partial charge in [0.25, 0.3) is 0 Å². The van der Waals surface area contributed by atoms with Gasteiger partial charge in [0.15, 0.2) is 11.5 Å². The standard InChI is InChI=1S/C32H41F3N5O7P/c1-6-8-17-31(42,40-26(18-44-7-2)38-27-28(40)24-11-9-10-12-25(24)37-29(27)36)19-45-48(43,39-21(5)30(41)46-20(3)4)47-23-15-13-22(14-16-23)32(33,34)35/h9-16,20-21,42H,6-8,17-19H2,1-5H3,(H2,36,37)(H,39,43)/t21-,31?,48?/m0/s1. The summed E-state index contributed by atoms with van der Waals surface area (Å²) in [4.78, 5) is 21.8. The lowest BCUT2D eigenvalue weighted by Gasteiger charge is -2.33. The molecule has 2 aromatic carbocycles. The summed E-state index contributed by atoms with van der Waals surface area (Å²) in [7, 11) is -4.63. The molecule has 0 saturated carbocycles. The first kappa shape index (κ1) is 37.1. The normalized spacial score (nSPS) is 15.4. The molecular formula is C32H41F3N5O7P. The summed E-state index contributed by atoms with van der Waals surface area (Å²) >= 11 is 0. The highest BCUT2D eigenvalue weighted by Gasteiger charge is 2.40. The second-order valence-corrected chi connectivity index (χ2v) is 13.2. The minimum atomic E-state index is -4.63. The van der Waals surface area contributed by atoms with Crippen LogP contribution in [0.15, 0.2) is 48.5 Å². The maximum absolute atomic E-state index is 14.4. The molecule has 3 atom stereocenters. The van der Waals surface area contributed by atoms with Crippen LogP contribution in [-0.2, 0) is 41.9 Å². The van der Waals surface area contributed by atoms with Gasteiger partial charge in [-0.25, -0.2) is 14.5 Å². The molecule has 0 saturated heterocycles. The highest BCUT2D eigenvalue weighted by atomic mass is 31.2. The van der Waals surface area contributed by atoms with E-state index in [1.807, 2.05) is 6.92 Å². The Bertz CT molecular complexity index is 1770. The van der Waals surface area contributed by atoms with Crippen molar-refractivity contribution in [1.29, 1.82) is 0 Å².